The number of halogens is 3. The molecule has 0 amide bonds. The Bertz CT molecular complexity index is 1110. The van der Waals surface area contributed by atoms with Gasteiger partial charge in [0.05, 0.1) is 18.8 Å². The van der Waals surface area contributed by atoms with Crippen LogP contribution in [0.1, 0.15) is 30.0 Å². The molecule has 0 aliphatic rings. The summed E-state index contributed by atoms with van der Waals surface area (Å²) in [5, 5.41) is 19.8. The molecule has 7 heteroatoms. The van der Waals surface area contributed by atoms with Gasteiger partial charge in [-0.15, -0.1) is 0 Å². The van der Waals surface area contributed by atoms with Crippen molar-refractivity contribution in [3.63, 3.8) is 0 Å². The average molecular weight is 444 g/mol. The Morgan fingerprint density at radius 1 is 0.938 bits per heavy atom. The molecule has 3 aromatic rings. The van der Waals surface area contributed by atoms with Crippen molar-refractivity contribution in [1.29, 1.82) is 0 Å². The van der Waals surface area contributed by atoms with Crippen LogP contribution >= 0.6 is 0 Å². The Hall–Kier alpha value is -3.32. The topological polar surface area (TPSA) is 66.8 Å². The highest BCUT2D eigenvalue weighted by Crippen LogP contribution is 2.35. The third-order valence-corrected chi connectivity index (χ3v) is 5.08. The van der Waals surface area contributed by atoms with Crippen molar-refractivity contribution in [2.24, 2.45) is 0 Å². The molecule has 0 heterocycles. The van der Waals surface area contributed by atoms with E-state index in [1.807, 2.05) is 0 Å². The fraction of sp³-hybridized carbons (Fsp3) is 0.240. The smallest absolute Gasteiger partial charge is 0.416 e. The molecule has 0 saturated carbocycles. The minimum absolute atomic E-state index is 0.0515. The van der Waals surface area contributed by atoms with Crippen molar-refractivity contribution in [3.05, 3.63) is 77.4 Å². The average Bonchev–Trinajstić information content (AvgIpc) is 2.77. The Labute approximate surface area is 183 Å². The molecule has 32 heavy (non-hydrogen) atoms. The van der Waals surface area contributed by atoms with E-state index in [0.717, 1.165) is 17.7 Å². The summed E-state index contributed by atoms with van der Waals surface area (Å²) in [5.74, 6) is -0.298. The predicted octanol–water partition coefficient (Wildman–Crippen LogP) is 5.73. The van der Waals surface area contributed by atoms with E-state index < -0.39 is 11.7 Å². The lowest BCUT2D eigenvalue weighted by atomic mass is 9.91. The summed E-state index contributed by atoms with van der Waals surface area (Å²) in [4.78, 5) is 11.8. The first-order chi connectivity index (χ1) is 15.2. The van der Waals surface area contributed by atoms with Crippen LogP contribution in [0.4, 0.5) is 13.2 Å². The number of carbonyl (C=O) groups excluding carboxylic acids is 1. The van der Waals surface area contributed by atoms with Gasteiger partial charge < -0.3 is 14.9 Å². The maximum absolute atomic E-state index is 13.1. The maximum atomic E-state index is 13.1. The van der Waals surface area contributed by atoms with E-state index in [4.69, 9.17) is 4.74 Å². The molecule has 3 rings (SSSR count). The van der Waals surface area contributed by atoms with Gasteiger partial charge in [-0.3, -0.25) is 4.79 Å². The van der Waals surface area contributed by atoms with E-state index in [-0.39, 0.29) is 31.4 Å². The standard InChI is InChI=1S/C25H23F3O4/c1-2-32-24(31)11-7-18-14-21(30)8-10-22(18)17-6-9-23(19(12-17)15-29)16-4-3-5-20(13-16)25(26,27)28/h3-6,8-10,12-14,29-30H,2,7,11,15H2,1H3. The first-order valence-corrected chi connectivity index (χ1v) is 10.1. The number of phenolic OH excluding ortho intramolecular Hbond substituents is 1. The van der Waals surface area contributed by atoms with Crippen molar-refractivity contribution in [2.45, 2.75) is 32.5 Å². The molecule has 4 nitrogen and oxygen atoms in total. The van der Waals surface area contributed by atoms with E-state index in [9.17, 15) is 28.2 Å². The number of hydrogen-bond donors (Lipinski definition) is 2. The summed E-state index contributed by atoms with van der Waals surface area (Å²) in [6.45, 7) is 1.64. The van der Waals surface area contributed by atoms with Crippen molar-refractivity contribution in [1.82, 2.24) is 0 Å². The summed E-state index contributed by atoms with van der Waals surface area (Å²) in [6.07, 6.45) is -3.99. The number of carbonyl (C=O) groups is 1. The minimum atomic E-state index is -4.46. The number of benzene rings is 3. The van der Waals surface area contributed by atoms with Gasteiger partial charge in [-0.1, -0.05) is 30.3 Å². The lowest BCUT2D eigenvalue weighted by molar-refractivity contribution is -0.143. The van der Waals surface area contributed by atoms with Crippen LogP contribution in [0.2, 0.25) is 0 Å². The molecule has 0 radical (unpaired) electrons. The highest BCUT2D eigenvalue weighted by atomic mass is 19.4. The summed E-state index contributed by atoms with van der Waals surface area (Å²) >= 11 is 0. The van der Waals surface area contributed by atoms with Crippen molar-refractivity contribution >= 4 is 5.97 Å². The molecular weight excluding hydrogens is 421 g/mol. The molecule has 168 valence electrons. The number of hydrogen-bond acceptors (Lipinski definition) is 4. The number of rotatable bonds is 7. The molecule has 2 N–H and O–H groups in total. The van der Waals surface area contributed by atoms with Crippen LogP contribution in [0.5, 0.6) is 5.75 Å². The zero-order valence-corrected chi connectivity index (χ0v) is 17.4. The van der Waals surface area contributed by atoms with Gasteiger partial charge in [-0.2, -0.15) is 13.2 Å². The Morgan fingerprint density at radius 3 is 2.31 bits per heavy atom. The fourth-order valence-electron chi connectivity index (χ4n) is 3.58. The van der Waals surface area contributed by atoms with E-state index in [1.165, 1.54) is 12.1 Å². The van der Waals surface area contributed by atoms with Crippen LogP contribution in [-0.2, 0) is 28.7 Å². The molecule has 0 aliphatic carbocycles. The molecule has 0 aromatic heterocycles. The van der Waals surface area contributed by atoms with Gasteiger partial charge in [-0.05, 0) is 77.1 Å². The minimum Gasteiger partial charge on any atom is -0.508 e. The first kappa shape index (κ1) is 23.3. The highest BCUT2D eigenvalue weighted by molar-refractivity contribution is 5.76. The van der Waals surface area contributed by atoms with Crippen LogP contribution in [0.3, 0.4) is 0 Å². The number of alkyl halides is 3. The molecule has 0 unspecified atom stereocenters. The van der Waals surface area contributed by atoms with Crippen LogP contribution in [-0.4, -0.2) is 22.8 Å². The third kappa shape index (κ3) is 5.48. The van der Waals surface area contributed by atoms with Crippen molar-refractivity contribution < 1.29 is 32.9 Å². The number of aromatic hydroxyl groups is 1. The number of aryl methyl sites for hydroxylation is 1. The lowest BCUT2D eigenvalue weighted by Crippen LogP contribution is -2.06. The van der Waals surface area contributed by atoms with Crippen molar-refractivity contribution in [2.75, 3.05) is 6.61 Å². The summed E-state index contributed by atoms with van der Waals surface area (Å²) in [6, 6.07) is 14.9. The van der Waals surface area contributed by atoms with Gasteiger partial charge in [-0.25, -0.2) is 0 Å². The monoisotopic (exact) mass is 444 g/mol. The molecule has 0 fully saturated rings. The Balaban J connectivity index is 1.99. The number of aliphatic hydroxyl groups is 1. The molecular formula is C25H23F3O4. The molecule has 0 bridgehead atoms. The van der Waals surface area contributed by atoms with E-state index in [1.54, 1.807) is 43.3 Å². The summed E-state index contributed by atoms with van der Waals surface area (Å²) in [7, 11) is 0. The number of phenols is 1. The van der Waals surface area contributed by atoms with Gasteiger partial charge in [0.15, 0.2) is 0 Å². The highest BCUT2D eigenvalue weighted by Gasteiger charge is 2.30. The van der Waals surface area contributed by atoms with E-state index in [2.05, 4.69) is 0 Å². The van der Waals surface area contributed by atoms with E-state index in [0.29, 0.717) is 34.2 Å². The van der Waals surface area contributed by atoms with Gasteiger partial charge in [0.2, 0.25) is 0 Å². The van der Waals surface area contributed by atoms with Gasteiger partial charge in [0, 0.05) is 6.42 Å². The van der Waals surface area contributed by atoms with Crippen LogP contribution < -0.4 is 0 Å². The fourth-order valence-corrected chi connectivity index (χ4v) is 3.58. The van der Waals surface area contributed by atoms with Crippen molar-refractivity contribution in [3.8, 4) is 28.0 Å². The Kier molecular flexibility index (Phi) is 7.20. The molecule has 3 aromatic carbocycles. The predicted molar refractivity (Wildman–Crippen MR) is 115 cm³/mol. The zero-order chi connectivity index (χ0) is 23.3. The quantitative estimate of drug-likeness (QED) is 0.457. The third-order valence-electron chi connectivity index (χ3n) is 5.08. The van der Waals surface area contributed by atoms with Crippen LogP contribution in [0.25, 0.3) is 22.3 Å². The SMILES string of the molecule is CCOC(=O)CCc1cc(O)ccc1-c1ccc(-c2cccc(C(F)(F)F)c2)c(CO)c1. The number of ether oxygens (including phenoxy) is 1. The molecule has 0 atom stereocenters. The van der Waals surface area contributed by atoms with Gasteiger partial charge in [0.25, 0.3) is 0 Å². The largest absolute Gasteiger partial charge is 0.508 e. The number of aliphatic hydroxyl groups excluding tert-OH is 1. The molecule has 0 spiro atoms. The second-order valence-electron chi connectivity index (χ2n) is 7.26. The summed E-state index contributed by atoms with van der Waals surface area (Å²) in [5.41, 5.74) is 2.72. The van der Waals surface area contributed by atoms with E-state index >= 15 is 0 Å². The van der Waals surface area contributed by atoms with Crippen LogP contribution in [0.15, 0.2) is 60.7 Å². The first-order valence-electron chi connectivity index (χ1n) is 10.1. The summed E-state index contributed by atoms with van der Waals surface area (Å²) < 4.78 is 44.3. The van der Waals surface area contributed by atoms with Crippen LogP contribution in [0, 0.1) is 0 Å². The Morgan fingerprint density at radius 2 is 1.62 bits per heavy atom. The molecule has 0 aliphatic heterocycles. The molecule has 0 saturated heterocycles. The normalized spacial score (nSPS) is 11.4. The second kappa shape index (κ2) is 9.87. The maximum Gasteiger partial charge on any atom is 0.416 e. The number of esters is 1. The second-order valence-corrected chi connectivity index (χ2v) is 7.26. The van der Waals surface area contributed by atoms with Gasteiger partial charge in [0.1, 0.15) is 5.75 Å². The zero-order valence-electron chi connectivity index (χ0n) is 17.4. The van der Waals surface area contributed by atoms with Gasteiger partial charge >= 0.3 is 12.1 Å². The lowest BCUT2D eigenvalue weighted by Gasteiger charge is -2.15.